The first-order chi connectivity index (χ1) is 10.4. The van der Waals surface area contributed by atoms with Crippen molar-refractivity contribution < 1.29 is 9.84 Å². The van der Waals surface area contributed by atoms with Crippen LogP contribution in [0.15, 0.2) is 6.33 Å². The van der Waals surface area contributed by atoms with Crippen molar-refractivity contribution in [2.45, 2.75) is 52.0 Å². The van der Waals surface area contributed by atoms with Crippen LogP contribution in [0, 0.1) is 5.41 Å². The highest BCUT2D eigenvalue weighted by Gasteiger charge is 2.52. The number of aliphatic hydroxyl groups is 1. The summed E-state index contributed by atoms with van der Waals surface area (Å²) in [6.07, 6.45) is 1.92. The Bertz CT molecular complexity index is 706. The van der Waals surface area contributed by atoms with Gasteiger partial charge in [-0.2, -0.15) is 9.97 Å². The Kier molecular flexibility index (Phi) is 3.74. The maximum absolute atomic E-state index is 10.8. The maximum atomic E-state index is 10.8. The molecule has 0 aliphatic carbocycles. The van der Waals surface area contributed by atoms with Gasteiger partial charge in [-0.15, -0.1) is 0 Å². The SMILES string of the molecule is CCC1OC(n2cnc3c(Cl)nc(N)nc32)C(O)C1(C)CC. The van der Waals surface area contributed by atoms with Crippen molar-refractivity contribution >= 4 is 28.7 Å². The topological polar surface area (TPSA) is 99.1 Å². The minimum absolute atomic E-state index is 0.0374. The van der Waals surface area contributed by atoms with Crippen molar-refractivity contribution in [1.29, 1.82) is 0 Å². The largest absolute Gasteiger partial charge is 0.388 e. The van der Waals surface area contributed by atoms with Gasteiger partial charge in [0, 0.05) is 5.41 Å². The lowest BCUT2D eigenvalue weighted by molar-refractivity contribution is -0.0355. The van der Waals surface area contributed by atoms with Gasteiger partial charge in [-0.25, -0.2) is 4.98 Å². The molecule has 7 nitrogen and oxygen atoms in total. The van der Waals surface area contributed by atoms with E-state index in [0.29, 0.717) is 11.2 Å². The number of nitrogens with zero attached hydrogens (tertiary/aromatic N) is 4. The van der Waals surface area contributed by atoms with Crippen LogP contribution < -0.4 is 5.73 Å². The minimum Gasteiger partial charge on any atom is -0.388 e. The molecule has 4 atom stereocenters. The number of imidazole rings is 1. The molecular weight excluding hydrogens is 306 g/mol. The average Bonchev–Trinajstić information content (AvgIpc) is 3.00. The zero-order chi connectivity index (χ0) is 16.1. The van der Waals surface area contributed by atoms with E-state index in [1.165, 1.54) is 0 Å². The Morgan fingerprint density at radius 3 is 2.77 bits per heavy atom. The van der Waals surface area contributed by atoms with Crippen LogP contribution in [0.5, 0.6) is 0 Å². The van der Waals surface area contributed by atoms with Crippen LogP contribution in [-0.2, 0) is 4.74 Å². The van der Waals surface area contributed by atoms with E-state index in [2.05, 4.69) is 28.8 Å². The summed E-state index contributed by atoms with van der Waals surface area (Å²) in [6.45, 7) is 6.15. The molecule has 1 saturated heterocycles. The second-order valence-corrected chi connectivity index (χ2v) is 6.28. The van der Waals surface area contributed by atoms with Gasteiger partial charge in [-0.1, -0.05) is 32.4 Å². The summed E-state index contributed by atoms with van der Waals surface area (Å²) in [7, 11) is 0. The lowest BCUT2D eigenvalue weighted by Crippen LogP contribution is -2.37. The van der Waals surface area contributed by atoms with Gasteiger partial charge in [0.1, 0.15) is 11.6 Å². The van der Waals surface area contributed by atoms with Gasteiger partial charge < -0.3 is 15.6 Å². The van der Waals surface area contributed by atoms with Crippen molar-refractivity contribution in [3.05, 3.63) is 11.5 Å². The van der Waals surface area contributed by atoms with Crippen LogP contribution >= 0.6 is 11.6 Å². The van der Waals surface area contributed by atoms with Crippen LogP contribution in [0.3, 0.4) is 0 Å². The highest BCUT2D eigenvalue weighted by atomic mass is 35.5. The average molecular weight is 326 g/mol. The molecule has 22 heavy (non-hydrogen) atoms. The number of hydrogen-bond acceptors (Lipinski definition) is 6. The number of nitrogens with two attached hydrogens (primary N) is 1. The molecular formula is C14H20ClN5O2. The summed E-state index contributed by atoms with van der Waals surface area (Å²) in [4.78, 5) is 12.3. The van der Waals surface area contributed by atoms with E-state index in [4.69, 9.17) is 22.1 Å². The third kappa shape index (κ3) is 2.07. The molecule has 3 heterocycles. The molecule has 0 saturated carbocycles. The Morgan fingerprint density at radius 2 is 2.18 bits per heavy atom. The van der Waals surface area contributed by atoms with Gasteiger partial charge in [-0.3, -0.25) is 4.57 Å². The van der Waals surface area contributed by atoms with E-state index < -0.39 is 12.3 Å². The van der Waals surface area contributed by atoms with Gasteiger partial charge >= 0.3 is 0 Å². The molecule has 8 heteroatoms. The van der Waals surface area contributed by atoms with Crippen LogP contribution in [-0.4, -0.2) is 36.8 Å². The predicted octanol–water partition coefficient (Wildman–Crippen LogP) is 2.15. The third-order valence-corrected chi connectivity index (χ3v) is 5.05. The first-order valence-corrected chi connectivity index (χ1v) is 7.79. The zero-order valence-electron chi connectivity index (χ0n) is 12.8. The van der Waals surface area contributed by atoms with Crippen molar-refractivity contribution in [2.24, 2.45) is 5.41 Å². The number of halogens is 1. The number of anilines is 1. The number of hydrogen-bond donors (Lipinski definition) is 2. The summed E-state index contributed by atoms with van der Waals surface area (Å²) >= 11 is 6.05. The van der Waals surface area contributed by atoms with Crippen LogP contribution in [0.1, 0.15) is 39.8 Å². The molecule has 0 spiro atoms. The fraction of sp³-hybridized carbons (Fsp3) is 0.643. The number of nitrogen functional groups attached to an aromatic ring is 1. The van der Waals surface area contributed by atoms with Gasteiger partial charge in [0.05, 0.1) is 12.4 Å². The molecule has 0 radical (unpaired) electrons. The number of aromatic nitrogens is 4. The monoisotopic (exact) mass is 325 g/mol. The molecule has 1 aliphatic heterocycles. The van der Waals surface area contributed by atoms with E-state index in [1.54, 1.807) is 10.9 Å². The number of ether oxygens (including phenoxy) is 1. The lowest BCUT2D eigenvalue weighted by atomic mass is 9.77. The maximum Gasteiger partial charge on any atom is 0.223 e. The molecule has 3 N–H and O–H groups in total. The summed E-state index contributed by atoms with van der Waals surface area (Å²) in [5.41, 5.74) is 6.27. The molecule has 120 valence electrons. The van der Waals surface area contributed by atoms with Gasteiger partial charge in [0.2, 0.25) is 5.95 Å². The standard InChI is InChI=1S/C14H20ClN5O2/c1-4-7-14(3,5-2)9(21)12(22-7)20-6-17-8-10(15)18-13(16)19-11(8)20/h6-7,9,12,21H,4-5H2,1-3H3,(H2,16,18,19). The van der Waals surface area contributed by atoms with E-state index >= 15 is 0 Å². The smallest absolute Gasteiger partial charge is 0.223 e. The Morgan fingerprint density at radius 1 is 1.45 bits per heavy atom. The highest BCUT2D eigenvalue weighted by Crippen LogP contribution is 2.47. The van der Waals surface area contributed by atoms with E-state index in [-0.39, 0.29) is 22.6 Å². The fourth-order valence-corrected chi connectivity index (χ4v) is 3.44. The highest BCUT2D eigenvalue weighted by molar-refractivity contribution is 6.33. The second kappa shape index (κ2) is 5.33. The van der Waals surface area contributed by atoms with Crippen molar-refractivity contribution in [1.82, 2.24) is 19.5 Å². The quantitative estimate of drug-likeness (QED) is 0.839. The molecule has 3 rings (SSSR count). The van der Waals surface area contributed by atoms with Gasteiger partial charge in [0.25, 0.3) is 0 Å². The lowest BCUT2D eigenvalue weighted by Gasteiger charge is -2.30. The van der Waals surface area contributed by atoms with E-state index in [0.717, 1.165) is 12.8 Å². The molecule has 1 fully saturated rings. The minimum atomic E-state index is -0.671. The van der Waals surface area contributed by atoms with E-state index in [9.17, 15) is 5.11 Å². The second-order valence-electron chi connectivity index (χ2n) is 5.92. The van der Waals surface area contributed by atoms with Crippen molar-refractivity contribution in [3.63, 3.8) is 0 Å². The van der Waals surface area contributed by atoms with Gasteiger partial charge in [-0.05, 0) is 12.8 Å². The molecule has 1 aliphatic rings. The fourth-order valence-electron chi connectivity index (χ4n) is 3.22. The van der Waals surface area contributed by atoms with Crippen LogP contribution in [0.25, 0.3) is 11.2 Å². The normalized spacial score (nSPS) is 32.0. The molecule has 0 amide bonds. The van der Waals surface area contributed by atoms with Crippen LogP contribution in [0.4, 0.5) is 5.95 Å². The molecule has 2 aromatic heterocycles. The molecule has 0 bridgehead atoms. The summed E-state index contributed by atoms with van der Waals surface area (Å²) < 4.78 is 7.78. The number of fused-ring (bicyclic) bond motifs is 1. The Hall–Kier alpha value is -1.44. The number of rotatable bonds is 3. The van der Waals surface area contributed by atoms with Crippen LogP contribution in [0.2, 0.25) is 5.15 Å². The van der Waals surface area contributed by atoms with E-state index in [1.807, 2.05) is 6.92 Å². The summed E-state index contributed by atoms with van der Waals surface area (Å²) in [5, 5.41) is 11.0. The Balaban J connectivity index is 2.09. The predicted molar refractivity (Wildman–Crippen MR) is 83.4 cm³/mol. The first-order valence-electron chi connectivity index (χ1n) is 7.41. The molecule has 0 aromatic carbocycles. The molecule has 4 unspecified atom stereocenters. The molecule has 2 aromatic rings. The summed E-state index contributed by atoms with van der Waals surface area (Å²) in [5.74, 6) is 0.0667. The van der Waals surface area contributed by atoms with Gasteiger partial charge in [0.15, 0.2) is 17.0 Å². The first kappa shape index (κ1) is 15.5. The van der Waals surface area contributed by atoms with Crippen molar-refractivity contribution in [2.75, 3.05) is 5.73 Å². The van der Waals surface area contributed by atoms with Crippen molar-refractivity contribution in [3.8, 4) is 0 Å². The third-order valence-electron chi connectivity index (χ3n) is 4.79. The zero-order valence-corrected chi connectivity index (χ0v) is 13.6. The summed E-state index contributed by atoms with van der Waals surface area (Å²) in [6, 6.07) is 0. The number of aliphatic hydroxyl groups excluding tert-OH is 1. The Labute approximate surface area is 133 Å².